The van der Waals surface area contributed by atoms with Crippen LogP contribution < -0.4 is 26.2 Å². The van der Waals surface area contributed by atoms with E-state index in [4.69, 9.17) is 4.11 Å². The number of aryl methyl sites for hydroxylation is 1. The van der Waals surface area contributed by atoms with Crippen LogP contribution in [0.3, 0.4) is 0 Å². The second-order valence-corrected chi connectivity index (χ2v) is 7.13. The molecule has 4 rings (SSSR count). The van der Waals surface area contributed by atoms with Gasteiger partial charge in [-0.1, -0.05) is 12.1 Å². The lowest BCUT2D eigenvalue weighted by molar-refractivity contribution is 0.0963. The van der Waals surface area contributed by atoms with Gasteiger partial charge in [0, 0.05) is 68.4 Å². The van der Waals surface area contributed by atoms with E-state index < -0.39 is 18.9 Å². The molecule has 10 nitrogen and oxygen atoms in total. The van der Waals surface area contributed by atoms with E-state index in [1.165, 1.54) is 19.3 Å². The number of carbonyl (C=O) groups excluding carboxylic acids is 2. The van der Waals surface area contributed by atoms with Crippen LogP contribution >= 0.6 is 0 Å². The minimum Gasteiger partial charge on any atom is -0.368 e. The van der Waals surface area contributed by atoms with Gasteiger partial charge in [-0.15, -0.1) is 0 Å². The molecule has 3 amide bonds. The lowest BCUT2D eigenvalue weighted by Gasteiger charge is -2.29. The van der Waals surface area contributed by atoms with Gasteiger partial charge < -0.3 is 20.9 Å². The molecule has 0 atom stereocenters. The van der Waals surface area contributed by atoms with Crippen molar-refractivity contribution >= 4 is 34.8 Å². The third-order valence-corrected chi connectivity index (χ3v) is 4.99. The number of para-hydroxylation sites is 1. The SMILES string of the molecule is [2H]C([2H])([2H])NC(=O)c1cnc(NC(=O)NC)cc1Nc1cccc2c1N(C)Cc1cn(C)nc1-2. The molecule has 0 bridgehead atoms. The summed E-state index contributed by atoms with van der Waals surface area (Å²) >= 11 is 0. The van der Waals surface area contributed by atoms with Crippen LogP contribution in [-0.2, 0) is 13.6 Å². The van der Waals surface area contributed by atoms with E-state index in [-0.39, 0.29) is 17.1 Å². The van der Waals surface area contributed by atoms with Crippen molar-refractivity contribution < 1.29 is 13.7 Å². The van der Waals surface area contributed by atoms with Crippen molar-refractivity contribution in [3.05, 3.63) is 47.8 Å². The summed E-state index contributed by atoms with van der Waals surface area (Å²) < 4.78 is 23.9. The van der Waals surface area contributed by atoms with E-state index in [0.29, 0.717) is 12.2 Å². The number of hydrogen-bond acceptors (Lipinski definition) is 6. The Morgan fingerprint density at radius 2 is 2.03 bits per heavy atom. The fourth-order valence-corrected chi connectivity index (χ4v) is 3.66. The van der Waals surface area contributed by atoms with Gasteiger partial charge in [0.15, 0.2) is 0 Å². The zero-order chi connectivity index (χ0) is 24.6. The van der Waals surface area contributed by atoms with Crippen molar-refractivity contribution in [2.24, 2.45) is 7.05 Å². The number of urea groups is 1. The van der Waals surface area contributed by atoms with Crippen molar-refractivity contribution in [3.8, 4) is 11.3 Å². The van der Waals surface area contributed by atoms with Gasteiger partial charge in [0.1, 0.15) is 5.82 Å². The maximum atomic E-state index is 12.7. The van der Waals surface area contributed by atoms with Gasteiger partial charge >= 0.3 is 6.03 Å². The summed E-state index contributed by atoms with van der Waals surface area (Å²) in [7, 11) is 5.28. The molecule has 0 spiro atoms. The van der Waals surface area contributed by atoms with Crippen LogP contribution in [0, 0.1) is 0 Å². The fourth-order valence-electron chi connectivity index (χ4n) is 3.66. The number of nitrogens with one attached hydrogen (secondary N) is 4. The first-order valence-electron chi connectivity index (χ1n) is 11.0. The first-order valence-corrected chi connectivity index (χ1v) is 9.51. The second kappa shape index (κ2) is 7.98. The lowest BCUT2D eigenvalue weighted by Crippen LogP contribution is -2.25. The first-order chi connectivity index (χ1) is 16.1. The summed E-state index contributed by atoms with van der Waals surface area (Å²) in [6, 6.07) is 6.66. The minimum absolute atomic E-state index is 0.00757. The number of anilines is 4. The predicted octanol–water partition coefficient (Wildman–Crippen LogP) is 2.29. The van der Waals surface area contributed by atoms with Crippen LogP contribution in [-0.4, -0.2) is 47.8 Å². The number of nitrogens with zero attached hydrogens (tertiary/aromatic N) is 4. The topological polar surface area (TPSA) is 116 Å². The van der Waals surface area contributed by atoms with E-state index in [0.717, 1.165) is 22.5 Å². The average Bonchev–Trinajstić information content (AvgIpc) is 3.12. The van der Waals surface area contributed by atoms with E-state index in [1.54, 1.807) is 4.68 Å². The molecule has 4 N–H and O–H groups in total. The van der Waals surface area contributed by atoms with Gasteiger partial charge in [0.25, 0.3) is 5.91 Å². The summed E-state index contributed by atoms with van der Waals surface area (Å²) in [6.07, 6.45) is 3.19. The Morgan fingerprint density at radius 3 is 2.81 bits per heavy atom. The molecule has 3 aromatic rings. The number of carbonyl (C=O) groups is 2. The maximum absolute atomic E-state index is 12.7. The van der Waals surface area contributed by atoms with E-state index in [1.807, 2.05) is 43.8 Å². The maximum Gasteiger partial charge on any atom is 0.320 e. The van der Waals surface area contributed by atoms with Gasteiger partial charge in [-0.3, -0.25) is 14.8 Å². The Balaban J connectivity index is 1.78. The summed E-state index contributed by atoms with van der Waals surface area (Å²) in [5, 5.41) is 14.8. The van der Waals surface area contributed by atoms with Gasteiger partial charge in [-0.05, 0) is 6.07 Å². The third-order valence-electron chi connectivity index (χ3n) is 4.99. The standard InChI is InChI=1S/C21H24N8O2/c1-22-20(30)14-9-24-17(26-21(31)23-2)8-16(14)25-15-7-5-6-13-18-12(11-29(4)27-18)10-28(3)19(13)15/h5-9,11H,10H2,1-4H3,(H,22,30)(H3,23,24,25,26,31)/i1D3. The molecule has 0 saturated carbocycles. The van der Waals surface area contributed by atoms with E-state index in [9.17, 15) is 9.59 Å². The van der Waals surface area contributed by atoms with Crippen LogP contribution in [0.25, 0.3) is 11.3 Å². The van der Waals surface area contributed by atoms with Crippen LogP contribution in [0.15, 0.2) is 36.7 Å². The smallest absolute Gasteiger partial charge is 0.320 e. The zero-order valence-electron chi connectivity index (χ0n) is 20.3. The molecule has 0 fully saturated rings. The highest BCUT2D eigenvalue weighted by Crippen LogP contribution is 2.43. The lowest BCUT2D eigenvalue weighted by atomic mass is 9.99. The molecule has 0 aliphatic carbocycles. The number of pyridine rings is 1. The van der Waals surface area contributed by atoms with E-state index in [2.05, 4.69) is 30.9 Å². The summed E-state index contributed by atoms with van der Waals surface area (Å²) in [5.74, 6) is -0.649. The Bertz CT molecular complexity index is 1270. The molecule has 1 aliphatic heterocycles. The van der Waals surface area contributed by atoms with Crippen molar-refractivity contribution in [2.75, 3.05) is 36.6 Å². The van der Waals surface area contributed by atoms with Crippen molar-refractivity contribution in [1.82, 2.24) is 25.4 Å². The molecule has 0 saturated heterocycles. The Hall–Kier alpha value is -4.08. The minimum atomic E-state index is -2.67. The normalized spacial score (nSPS) is 13.8. The largest absolute Gasteiger partial charge is 0.368 e. The van der Waals surface area contributed by atoms with Gasteiger partial charge in [-0.25, -0.2) is 9.78 Å². The number of hydrogen-bond donors (Lipinski definition) is 4. The van der Waals surface area contributed by atoms with Crippen molar-refractivity contribution in [2.45, 2.75) is 6.54 Å². The highest BCUT2D eigenvalue weighted by molar-refractivity contribution is 6.02. The van der Waals surface area contributed by atoms with Crippen LogP contribution in [0.2, 0.25) is 0 Å². The van der Waals surface area contributed by atoms with Gasteiger partial charge in [0.05, 0.1) is 28.3 Å². The van der Waals surface area contributed by atoms with E-state index >= 15 is 0 Å². The Morgan fingerprint density at radius 1 is 1.19 bits per heavy atom. The predicted molar refractivity (Wildman–Crippen MR) is 120 cm³/mol. The van der Waals surface area contributed by atoms with Gasteiger partial charge in [-0.2, -0.15) is 5.10 Å². The second-order valence-electron chi connectivity index (χ2n) is 7.13. The highest BCUT2D eigenvalue weighted by atomic mass is 16.2. The van der Waals surface area contributed by atoms with Crippen molar-refractivity contribution in [1.29, 1.82) is 0 Å². The zero-order valence-corrected chi connectivity index (χ0v) is 17.3. The molecule has 1 aliphatic rings. The molecule has 3 heterocycles. The van der Waals surface area contributed by atoms with Crippen LogP contribution in [0.5, 0.6) is 0 Å². The van der Waals surface area contributed by atoms with Crippen LogP contribution in [0.1, 0.15) is 20.0 Å². The number of fused-ring (bicyclic) bond motifs is 3. The summed E-state index contributed by atoms with van der Waals surface area (Å²) in [4.78, 5) is 30.6. The van der Waals surface area contributed by atoms with Crippen molar-refractivity contribution in [3.63, 3.8) is 0 Å². The number of aromatic nitrogens is 3. The van der Waals surface area contributed by atoms with Gasteiger partial charge in [0.2, 0.25) is 0 Å². The van der Waals surface area contributed by atoms with Crippen LogP contribution in [0.4, 0.5) is 27.7 Å². The molecule has 0 unspecified atom stereocenters. The Labute approximate surface area is 183 Å². The summed E-state index contributed by atoms with van der Waals surface area (Å²) in [5.41, 5.74) is 4.71. The number of rotatable bonds is 4. The first kappa shape index (κ1) is 16.7. The Kier molecular flexibility index (Phi) is 4.29. The molecule has 2 aromatic heterocycles. The third kappa shape index (κ3) is 3.75. The average molecular weight is 423 g/mol. The molecule has 10 heteroatoms. The quantitative estimate of drug-likeness (QED) is 0.512. The molecule has 160 valence electrons. The molecule has 31 heavy (non-hydrogen) atoms. The molecular weight excluding hydrogens is 396 g/mol. The molecule has 0 radical (unpaired) electrons. The molecule has 1 aromatic carbocycles. The number of benzene rings is 1. The highest BCUT2D eigenvalue weighted by Gasteiger charge is 2.25. The number of amides is 3. The molecular formula is C21H24N8O2. The summed E-state index contributed by atoms with van der Waals surface area (Å²) in [6.45, 7) is -2.03. The monoisotopic (exact) mass is 423 g/mol. The fraction of sp³-hybridized carbons (Fsp3) is 0.238.